The molecule has 0 saturated heterocycles. The molecule has 2 rings (SSSR count). The van der Waals surface area contributed by atoms with E-state index in [9.17, 15) is 4.79 Å². The zero-order valence-electron chi connectivity index (χ0n) is 19.1. The number of nitrogens with zero attached hydrogens (tertiary/aromatic N) is 1. The van der Waals surface area contributed by atoms with Gasteiger partial charge in [0.2, 0.25) is 0 Å². The molecular weight excluding hydrogens is 519 g/mol. The molecule has 7 nitrogen and oxygen atoms in total. The van der Waals surface area contributed by atoms with Crippen molar-refractivity contribution in [3.05, 3.63) is 59.7 Å². The molecule has 32 heavy (non-hydrogen) atoms. The number of hydrogen-bond acceptors (Lipinski definition) is 4. The van der Waals surface area contributed by atoms with Gasteiger partial charge in [-0.2, -0.15) is 0 Å². The largest absolute Gasteiger partial charge is 0.490 e. The van der Waals surface area contributed by atoms with Crippen LogP contribution in [0.3, 0.4) is 0 Å². The van der Waals surface area contributed by atoms with Crippen molar-refractivity contribution in [3.8, 4) is 11.5 Å². The van der Waals surface area contributed by atoms with E-state index in [0.29, 0.717) is 31.9 Å². The second-order valence-electron chi connectivity index (χ2n) is 6.80. The molecule has 0 aliphatic heterocycles. The number of carbonyl (C=O) groups excluding carboxylic acids is 1. The van der Waals surface area contributed by atoms with Gasteiger partial charge in [-0.3, -0.25) is 9.79 Å². The van der Waals surface area contributed by atoms with E-state index in [1.54, 1.807) is 19.2 Å². The number of aliphatic imine (C=N–C) groups is 1. The molecule has 2 aromatic rings. The number of amides is 1. The minimum Gasteiger partial charge on any atom is -0.490 e. The first-order chi connectivity index (χ1) is 15.2. The third-order valence-corrected chi connectivity index (χ3v) is 4.51. The van der Waals surface area contributed by atoms with Gasteiger partial charge in [0.25, 0.3) is 5.91 Å². The molecule has 0 aliphatic rings. The minimum atomic E-state index is -0.0510. The number of rotatable bonds is 12. The van der Waals surface area contributed by atoms with Gasteiger partial charge in [-0.25, -0.2) is 0 Å². The molecule has 0 heterocycles. The van der Waals surface area contributed by atoms with E-state index in [1.807, 2.05) is 44.2 Å². The van der Waals surface area contributed by atoms with Crippen LogP contribution in [0.4, 0.5) is 0 Å². The maximum Gasteiger partial charge on any atom is 0.251 e. The lowest BCUT2D eigenvalue weighted by Crippen LogP contribution is -2.39. The van der Waals surface area contributed by atoms with Gasteiger partial charge in [-0.1, -0.05) is 24.3 Å². The van der Waals surface area contributed by atoms with Gasteiger partial charge in [0.1, 0.15) is 0 Å². The summed E-state index contributed by atoms with van der Waals surface area (Å²) in [5, 5.41) is 9.51. The summed E-state index contributed by atoms with van der Waals surface area (Å²) >= 11 is 0. The van der Waals surface area contributed by atoms with Crippen molar-refractivity contribution in [2.45, 2.75) is 26.7 Å². The number of benzene rings is 2. The molecular formula is C24H35IN4O3. The van der Waals surface area contributed by atoms with Gasteiger partial charge >= 0.3 is 0 Å². The van der Waals surface area contributed by atoms with Crippen molar-refractivity contribution >= 4 is 35.8 Å². The highest BCUT2D eigenvalue weighted by atomic mass is 127. The van der Waals surface area contributed by atoms with E-state index in [2.05, 4.69) is 27.0 Å². The Labute approximate surface area is 208 Å². The molecule has 1 amide bonds. The molecule has 2 aromatic carbocycles. The van der Waals surface area contributed by atoms with Crippen LogP contribution in [0.25, 0.3) is 0 Å². The van der Waals surface area contributed by atoms with Crippen LogP contribution in [-0.2, 0) is 6.42 Å². The quantitative estimate of drug-likeness (QED) is 0.162. The number of guanidine groups is 1. The standard InChI is InChI=1S/C24H34N4O3.HI/c1-4-30-21-13-12-19(18-22(21)31-5-2)14-17-28-24(25-3)27-16-9-15-26-23(29)20-10-7-6-8-11-20;/h6-8,10-13,18H,4-5,9,14-17H2,1-3H3,(H,26,29)(H2,25,27,28);1H. The lowest BCUT2D eigenvalue weighted by molar-refractivity contribution is 0.0953. The SMILES string of the molecule is CCOc1ccc(CCNC(=NC)NCCCNC(=O)c2ccccc2)cc1OCC.I. The summed E-state index contributed by atoms with van der Waals surface area (Å²) in [5.74, 6) is 2.25. The molecule has 0 fully saturated rings. The van der Waals surface area contributed by atoms with Crippen molar-refractivity contribution in [1.82, 2.24) is 16.0 Å². The summed E-state index contributed by atoms with van der Waals surface area (Å²) in [6.45, 7) is 7.19. The lowest BCUT2D eigenvalue weighted by atomic mass is 10.1. The molecule has 176 valence electrons. The van der Waals surface area contributed by atoms with Crippen LogP contribution in [0.2, 0.25) is 0 Å². The predicted octanol–water partition coefficient (Wildman–Crippen LogP) is 3.63. The Morgan fingerprint density at radius 2 is 1.53 bits per heavy atom. The third kappa shape index (κ3) is 9.76. The van der Waals surface area contributed by atoms with Crippen molar-refractivity contribution in [3.63, 3.8) is 0 Å². The second-order valence-corrected chi connectivity index (χ2v) is 6.80. The van der Waals surface area contributed by atoms with E-state index in [0.717, 1.165) is 36.8 Å². The van der Waals surface area contributed by atoms with Crippen molar-refractivity contribution < 1.29 is 14.3 Å². The summed E-state index contributed by atoms with van der Waals surface area (Å²) in [7, 11) is 1.75. The first-order valence-electron chi connectivity index (χ1n) is 10.8. The molecule has 0 aromatic heterocycles. The maximum atomic E-state index is 12.0. The summed E-state index contributed by atoms with van der Waals surface area (Å²) < 4.78 is 11.3. The van der Waals surface area contributed by atoms with Crippen molar-refractivity contribution in [2.75, 3.05) is 39.9 Å². The van der Waals surface area contributed by atoms with Crippen LogP contribution in [0.5, 0.6) is 11.5 Å². The highest BCUT2D eigenvalue weighted by Crippen LogP contribution is 2.28. The normalized spacial score (nSPS) is 10.7. The fourth-order valence-electron chi connectivity index (χ4n) is 2.99. The average molecular weight is 554 g/mol. The number of nitrogens with one attached hydrogen (secondary N) is 3. The fourth-order valence-corrected chi connectivity index (χ4v) is 2.99. The number of hydrogen-bond donors (Lipinski definition) is 3. The summed E-state index contributed by atoms with van der Waals surface area (Å²) in [6, 6.07) is 15.3. The molecule has 0 atom stereocenters. The molecule has 0 radical (unpaired) electrons. The molecule has 0 unspecified atom stereocenters. The molecule has 0 spiro atoms. The zero-order valence-corrected chi connectivity index (χ0v) is 21.5. The highest BCUT2D eigenvalue weighted by Gasteiger charge is 2.07. The maximum absolute atomic E-state index is 12.0. The summed E-state index contributed by atoms with van der Waals surface area (Å²) in [6.07, 6.45) is 1.64. The van der Waals surface area contributed by atoms with Crippen LogP contribution in [-0.4, -0.2) is 51.8 Å². The van der Waals surface area contributed by atoms with Crippen molar-refractivity contribution in [2.24, 2.45) is 4.99 Å². The van der Waals surface area contributed by atoms with Gasteiger partial charge < -0.3 is 25.4 Å². The molecule has 0 saturated carbocycles. The summed E-state index contributed by atoms with van der Waals surface area (Å²) in [4.78, 5) is 16.3. The molecule has 8 heteroatoms. The van der Waals surface area contributed by atoms with Crippen LogP contribution < -0.4 is 25.4 Å². The van der Waals surface area contributed by atoms with E-state index in [4.69, 9.17) is 9.47 Å². The van der Waals surface area contributed by atoms with Gasteiger partial charge in [0.15, 0.2) is 17.5 Å². The Balaban J connectivity index is 0.00000512. The first-order valence-corrected chi connectivity index (χ1v) is 10.8. The fraction of sp³-hybridized carbons (Fsp3) is 0.417. The lowest BCUT2D eigenvalue weighted by Gasteiger charge is -2.14. The van der Waals surface area contributed by atoms with Gasteiger partial charge in [0, 0.05) is 32.2 Å². The van der Waals surface area contributed by atoms with Crippen LogP contribution in [0, 0.1) is 0 Å². The number of carbonyl (C=O) groups is 1. The minimum absolute atomic E-state index is 0. The van der Waals surface area contributed by atoms with Crippen LogP contribution >= 0.6 is 24.0 Å². The average Bonchev–Trinajstić information content (AvgIpc) is 2.80. The van der Waals surface area contributed by atoms with Crippen LogP contribution in [0.15, 0.2) is 53.5 Å². The smallest absolute Gasteiger partial charge is 0.251 e. The monoisotopic (exact) mass is 554 g/mol. The van der Waals surface area contributed by atoms with Gasteiger partial charge in [-0.05, 0) is 56.5 Å². The summed E-state index contributed by atoms with van der Waals surface area (Å²) in [5.41, 5.74) is 1.84. The first kappa shape index (κ1) is 27.5. The Bertz CT molecular complexity index is 831. The number of halogens is 1. The number of ether oxygens (including phenoxy) is 2. The predicted molar refractivity (Wildman–Crippen MR) is 141 cm³/mol. The van der Waals surface area contributed by atoms with E-state index >= 15 is 0 Å². The Morgan fingerprint density at radius 1 is 0.875 bits per heavy atom. The van der Waals surface area contributed by atoms with Crippen LogP contribution in [0.1, 0.15) is 36.2 Å². The van der Waals surface area contributed by atoms with Gasteiger partial charge in [0.05, 0.1) is 13.2 Å². The molecule has 0 bridgehead atoms. The van der Waals surface area contributed by atoms with Crippen molar-refractivity contribution in [1.29, 1.82) is 0 Å². The Kier molecular flexibility index (Phi) is 13.9. The Hall–Kier alpha value is -2.49. The molecule has 3 N–H and O–H groups in total. The zero-order chi connectivity index (χ0) is 22.3. The molecule has 0 aliphatic carbocycles. The van der Waals surface area contributed by atoms with E-state index in [1.165, 1.54) is 5.56 Å². The Morgan fingerprint density at radius 3 is 2.22 bits per heavy atom. The topological polar surface area (TPSA) is 84.0 Å². The third-order valence-electron chi connectivity index (χ3n) is 4.51. The highest BCUT2D eigenvalue weighted by molar-refractivity contribution is 14.0. The van der Waals surface area contributed by atoms with Gasteiger partial charge in [-0.15, -0.1) is 24.0 Å². The van der Waals surface area contributed by atoms with E-state index < -0.39 is 0 Å². The second kappa shape index (κ2) is 16.2. The van der Waals surface area contributed by atoms with E-state index in [-0.39, 0.29) is 29.9 Å².